The average molecular weight is 407 g/mol. The second-order valence-electron chi connectivity index (χ2n) is 5.58. The zero-order chi connectivity index (χ0) is 20.7. The van der Waals surface area contributed by atoms with Crippen LogP contribution in [-0.2, 0) is 16.1 Å². The molecule has 9 heteroatoms. The highest BCUT2D eigenvalue weighted by Crippen LogP contribution is 2.35. The summed E-state index contributed by atoms with van der Waals surface area (Å²) in [5.74, 6) is -0.240. The second-order valence-corrected chi connectivity index (χ2v) is 6.75. The minimum absolute atomic E-state index is 0.116. The van der Waals surface area contributed by atoms with Crippen LogP contribution in [0.1, 0.15) is 31.8 Å². The molecule has 0 fully saturated rings. The van der Waals surface area contributed by atoms with Crippen molar-refractivity contribution in [3.63, 3.8) is 0 Å². The number of Topliss-reactive ketones (excluding diaryl/α,β-unsaturated/α-hetero) is 1. The fraction of sp³-hybridized carbons (Fsp3) is 0.316. The average Bonchev–Trinajstić information content (AvgIpc) is 3.18. The van der Waals surface area contributed by atoms with Crippen LogP contribution in [0.25, 0.3) is 0 Å². The van der Waals surface area contributed by atoms with Crippen LogP contribution in [0, 0.1) is 0 Å². The van der Waals surface area contributed by atoms with Gasteiger partial charge >= 0.3 is 5.97 Å². The van der Waals surface area contributed by atoms with Gasteiger partial charge in [-0.3, -0.25) is 9.59 Å². The molecule has 0 unspecified atom stereocenters. The van der Waals surface area contributed by atoms with Gasteiger partial charge in [-0.2, -0.15) is 0 Å². The van der Waals surface area contributed by atoms with Crippen molar-refractivity contribution in [2.75, 3.05) is 27.9 Å². The number of rotatable bonds is 9. The van der Waals surface area contributed by atoms with Gasteiger partial charge in [0.25, 0.3) is 0 Å². The predicted molar refractivity (Wildman–Crippen MR) is 103 cm³/mol. The molecule has 0 saturated heterocycles. The van der Waals surface area contributed by atoms with Crippen LogP contribution in [-0.4, -0.2) is 45.6 Å². The Morgan fingerprint density at radius 1 is 0.964 bits per heavy atom. The number of ketones is 1. The number of methoxy groups -OCH3 is 3. The highest BCUT2D eigenvalue weighted by molar-refractivity contribution is 7.14. The minimum atomic E-state index is -0.721. The molecule has 0 aliphatic carbocycles. The lowest BCUT2D eigenvalue weighted by atomic mass is 10.1. The number of hydrogen-bond acceptors (Lipinski definition) is 8. The van der Waals surface area contributed by atoms with Crippen LogP contribution in [0.2, 0.25) is 0 Å². The number of carbonyl (C=O) groups is 3. The van der Waals surface area contributed by atoms with E-state index in [-0.39, 0.29) is 23.0 Å². The smallest absolute Gasteiger partial charge is 0.342 e. The molecular formula is C19H21NO7S. The van der Waals surface area contributed by atoms with E-state index in [1.807, 2.05) is 0 Å². The Morgan fingerprint density at radius 2 is 1.61 bits per heavy atom. The fourth-order valence-corrected chi connectivity index (χ4v) is 3.17. The number of carbonyl (C=O) groups excluding carboxylic acids is 3. The predicted octanol–water partition coefficient (Wildman–Crippen LogP) is 2.45. The molecular weight excluding hydrogens is 386 g/mol. The third kappa shape index (κ3) is 5.23. The van der Waals surface area contributed by atoms with Gasteiger partial charge in [-0.1, -0.05) is 0 Å². The molecule has 0 aliphatic heterocycles. The van der Waals surface area contributed by atoms with Crippen LogP contribution in [0.5, 0.6) is 17.2 Å². The number of esters is 1. The molecule has 8 nitrogen and oxygen atoms in total. The zero-order valence-corrected chi connectivity index (χ0v) is 16.8. The quantitative estimate of drug-likeness (QED) is 0.503. The van der Waals surface area contributed by atoms with Crippen molar-refractivity contribution >= 4 is 29.0 Å². The van der Waals surface area contributed by atoms with Crippen molar-refractivity contribution < 1.29 is 33.3 Å². The van der Waals surface area contributed by atoms with Crippen molar-refractivity contribution in [1.29, 1.82) is 0 Å². The van der Waals surface area contributed by atoms with Crippen molar-refractivity contribution in [2.24, 2.45) is 0 Å². The van der Waals surface area contributed by atoms with E-state index in [0.29, 0.717) is 22.9 Å². The highest BCUT2D eigenvalue weighted by atomic mass is 32.1. The van der Waals surface area contributed by atoms with E-state index in [1.54, 1.807) is 12.1 Å². The first-order chi connectivity index (χ1) is 13.4. The van der Waals surface area contributed by atoms with Crippen LogP contribution >= 0.6 is 11.3 Å². The molecule has 0 bridgehead atoms. The van der Waals surface area contributed by atoms with Gasteiger partial charge in [-0.15, -0.1) is 11.3 Å². The summed E-state index contributed by atoms with van der Waals surface area (Å²) in [6, 6.07) is 6.31. The summed E-state index contributed by atoms with van der Waals surface area (Å²) in [4.78, 5) is 36.9. The van der Waals surface area contributed by atoms with Crippen LogP contribution in [0.15, 0.2) is 24.3 Å². The maximum Gasteiger partial charge on any atom is 0.342 e. The summed E-state index contributed by atoms with van der Waals surface area (Å²) in [5.41, 5.74) is 0.116. The van der Waals surface area contributed by atoms with Crippen LogP contribution in [0.3, 0.4) is 0 Å². The molecule has 150 valence electrons. The molecule has 0 radical (unpaired) electrons. The Morgan fingerprint density at radius 3 is 2.21 bits per heavy atom. The van der Waals surface area contributed by atoms with Crippen LogP contribution < -0.4 is 19.5 Å². The Bertz CT molecular complexity index is 875. The Balaban J connectivity index is 2.05. The molecule has 0 atom stereocenters. The highest BCUT2D eigenvalue weighted by Gasteiger charge is 2.20. The molecule has 1 aromatic heterocycles. The zero-order valence-electron chi connectivity index (χ0n) is 16.0. The first-order valence-electron chi connectivity index (χ1n) is 8.23. The molecule has 0 saturated carbocycles. The van der Waals surface area contributed by atoms with Gasteiger partial charge in [-0.25, -0.2) is 4.79 Å². The summed E-state index contributed by atoms with van der Waals surface area (Å²) in [6.07, 6.45) is 0. The SMILES string of the molecule is COc1cc(OC)c(C(=O)OCC(=O)c2ccc(CNC(C)=O)s2)cc1OC. The van der Waals surface area contributed by atoms with Gasteiger partial charge in [-0.05, 0) is 12.1 Å². The molecule has 1 heterocycles. The summed E-state index contributed by atoms with van der Waals surface area (Å²) in [6.45, 7) is 1.34. The van der Waals surface area contributed by atoms with E-state index in [9.17, 15) is 14.4 Å². The lowest BCUT2D eigenvalue weighted by Crippen LogP contribution is -2.18. The summed E-state index contributed by atoms with van der Waals surface area (Å²) in [7, 11) is 4.32. The number of nitrogens with one attached hydrogen (secondary N) is 1. The summed E-state index contributed by atoms with van der Waals surface area (Å²) in [5, 5.41) is 2.66. The molecule has 0 spiro atoms. The first-order valence-corrected chi connectivity index (χ1v) is 9.04. The molecule has 1 N–H and O–H groups in total. The molecule has 0 aliphatic rings. The van der Waals surface area contributed by atoms with Crippen molar-refractivity contribution in [3.05, 3.63) is 39.6 Å². The van der Waals surface area contributed by atoms with Crippen molar-refractivity contribution in [1.82, 2.24) is 5.32 Å². The summed E-state index contributed by atoms with van der Waals surface area (Å²) < 4.78 is 20.7. The molecule has 1 aromatic carbocycles. The largest absolute Gasteiger partial charge is 0.496 e. The second kappa shape index (κ2) is 9.75. The Kier molecular flexibility index (Phi) is 7.39. The van der Waals surface area contributed by atoms with Gasteiger partial charge in [0.15, 0.2) is 18.1 Å². The van der Waals surface area contributed by atoms with E-state index in [4.69, 9.17) is 18.9 Å². The molecule has 28 heavy (non-hydrogen) atoms. The molecule has 2 aromatic rings. The third-order valence-corrected chi connectivity index (χ3v) is 4.83. The minimum Gasteiger partial charge on any atom is -0.496 e. The number of hydrogen-bond donors (Lipinski definition) is 1. The Labute approximate surface area is 166 Å². The van der Waals surface area contributed by atoms with E-state index >= 15 is 0 Å². The van der Waals surface area contributed by atoms with Gasteiger partial charge in [0.05, 0.1) is 32.8 Å². The van der Waals surface area contributed by atoms with E-state index in [2.05, 4.69) is 5.32 Å². The number of ether oxygens (including phenoxy) is 4. The third-order valence-electron chi connectivity index (χ3n) is 3.71. The van der Waals surface area contributed by atoms with Gasteiger partial charge in [0.1, 0.15) is 11.3 Å². The van der Waals surface area contributed by atoms with Gasteiger partial charge < -0.3 is 24.3 Å². The van der Waals surface area contributed by atoms with Gasteiger partial charge in [0, 0.05) is 23.9 Å². The van der Waals surface area contributed by atoms with Crippen molar-refractivity contribution in [2.45, 2.75) is 13.5 Å². The molecule has 2 rings (SSSR count). The van der Waals surface area contributed by atoms with E-state index in [1.165, 1.54) is 51.7 Å². The normalized spacial score (nSPS) is 10.1. The van der Waals surface area contributed by atoms with E-state index < -0.39 is 12.6 Å². The number of amides is 1. The standard InChI is InChI=1S/C19H21NO7S/c1-11(21)20-9-12-5-6-18(28-12)14(22)10-27-19(23)13-7-16(25-3)17(26-4)8-15(13)24-2/h5-8H,9-10H2,1-4H3,(H,20,21). The lowest BCUT2D eigenvalue weighted by Gasteiger charge is -2.13. The van der Waals surface area contributed by atoms with Crippen molar-refractivity contribution in [3.8, 4) is 17.2 Å². The maximum absolute atomic E-state index is 12.4. The first kappa shape index (κ1) is 21.2. The summed E-state index contributed by atoms with van der Waals surface area (Å²) >= 11 is 1.23. The molecule has 1 amide bonds. The lowest BCUT2D eigenvalue weighted by molar-refractivity contribution is -0.119. The maximum atomic E-state index is 12.4. The topological polar surface area (TPSA) is 100 Å². The monoisotopic (exact) mass is 407 g/mol. The number of thiophene rings is 1. The fourth-order valence-electron chi connectivity index (χ4n) is 2.30. The van der Waals surface area contributed by atoms with Gasteiger partial charge in [0.2, 0.25) is 11.7 Å². The van der Waals surface area contributed by atoms with Crippen LogP contribution in [0.4, 0.5) is 0 Å². The van der Waals surface area contributed by atoms with E-state index in [0.717, 1.165) is 4.88 Å². The number of benzene rings is 1. The Hall–Kier alpha value is -3.07.